The standard InChI is InChI=1S/C12H17NS/c1-4-5-12(14-3)10-6-7-11(13)9(2)8-10/h5-8H,4,13H2,1-3H3/b12-5-. The number of hydrogen-bond donors (Lipinski definition) is 1. The van der Waals surface area contributed by atoms with E-state index in [2.05, 4.69) is 31.4 Å². The Morgan fingerprint density at radius 3 is 2.71 bits per heavy atom. The monoisotopic (exact) mass is 207 g/mol. The Bertz CT molecular complexity index is 342. The molecule has 2 N–H and O–H groups in total. The summed E-state index contributed by atoms with van der Waals surface area (Å²) in [7, 11) is 0. The molecule has 0 aromatic heterocycles. The van der Waals surface area contributed by atoms with Crippen LogP contribution >= 0.6 is 11.8 Å². The van der Waals surface area contributed by atoms with Crippen LogP contribution < -0.4 is 5.73 Å². The highest BCUT2D eigenvalue weighted by atomic mass is 32.2. The number of rotatable bonds is 3. The molecule has 1 aromatic carbocycles. The summed E-state index contributed by atoms with van der Waals surface area (Å²) in [6.45, 7) is 4.20. The summed E-state index contributed by atoms with van der Waals surface area (Å²) in [5.74, 6) is 0. The summed E-state index contributed by atoms with van der Waals surface area (Å²) in [6.07, 6.45) is 5.42. The van der Waals surface area contributed by atoms with E-state index in [0.29, 0.717) is 0 Å². The van der Waals surface area contributed by atoms with Crippen LogP contribution in [0.25, 0.3) is 4.91 Å². The summed E-state index contributed by atoms with van der Waals surface area (Å²) in [5, 5.41) is 0. The van der Waals surface area contributed by atoms with Crippen molar-refractivity contribution in [2.45, 2.75) is 20.3 Å². The molecular formula is C12H17NS. The third-order valence-corrected chi connectivity index (χ3v) is 3.01. The lowest BCUT2D eigenvalue weighted by molar-refractivity contribution is 1.23. The quantitative estimate of drug-likeness (QED) is 0.765. The largest absolute Gasteiger partial charge is 0.399 e. The van der Waals surface area contributed by atoms with Crippen molar-refractivity contribution in [3.8, 4) is 0 Å². The summed E-state index contributed by atoms with van der Waals surface area (Å²) in [5.41, 5.74) is 9.07. The molecule has 0 radical (unpaired) electrons. The molecule has 0 unspecified atom stereocenters. The van der Waals surface area contributed by atoms with Crippen LogP contribution in [0.2, 0.25) is 0 Å². The van der Waals surface area contributed by atoms with Gasteiger partial charge in [0.2, 0.25) is 0 Å². The maximum Gasteiger partial charge on any atom is 0.0344 e. The molecule has 0 aliphatic heterocycles. The SMILES string of the molecule is CC/C=C(\SC)c1ccc(N)c(C)c1. The number of benzene rings is 1. The van der Waals surface area contributed by atoms with E-state index in [1.165, 1.54) is 10.5 Å². The molecule has 0 aliphatic carbocycles. The van der Waals surface area contributed by atoms with Crippen LogP contribution in [0.15, 0.2) is 24.3 Å². The maximum atomic E-state index is 5.78. The third kappa shape index (κ3) is 2.55. The summed E-state index contributed by atoms with van der Waals surface area (Å²) in [6, 6.07) is 6.21. The van der Waals surface area contributed by atoms with Crippen LogP contribution in [0.4, 0.5) is 5.69 Å². The smallest absolute Gasteiger partial charge is 0.0344 e. The molecule has 0 saturated heterocycles. The van der Waals surface area contributed by atoms with Crippen LogP contribution in [0.3, 0.4) is 0 Å². The van der Waals surface area contributed by atoms with Gasteiger partial charge in [-0.05, 0) is 42.9 Å². The molecule has 0 spiro atoms. The number of aryl methyl sites for hydroxylation is 1. The molecule has 0 fully saturated rings. The number of thioether (sulfide) groups is 1. The van der Waals surface area contributed by atoms with Gasteiger partial charge in [0.05, 0.1) is 0 Å². The van der Waals surface area contributed by atoms with Gasteiger partial charge >= 0.3 is 0 Å². The first kappa shape index (κ1) is 11.2. The predicted molar refractivity (Wildman–Crippen MR) is 67.4 cm³/mol. The Hall–Kier alpha value is -0.890. The molecule has 1 aromatic rings. The van der Waals surface area contributed by atoms with Gasteiger partial charge in [-0.15, -0.1) is 11.8 Å². The number of hydrogen-bond acceptors (Lipinski definition) is 2. The van der Waals surface area contributed by atoms with Gasteiger partial charge in [0.15, 0.2) is 0 Å². The van der Waals surface area contributed by atoms with Gasteiger partial charge in [-0.2, -0.15) is 0 Å². The van der Waals surface area contributed by atoms with Crippen molar-refractivity contribution in [3.05, 3.63) is 35.4 Å². The average Bonchev–Trinajstić information content (AvgIpc) is 2.19. The molecular weight excluding hydrogens is 190 g/mol. The second-order valence-corrected chi connectivity index (χ2v) is 4.10. The molecule has 76 valence electrons. The molecule has 0 amide bonds. The second-order valence-electron chi connectivity index (χ2n) is 3.25. The zero-order valence-electron chi connectivity index (χ0n) is 9.00. The number of allylic oxidation sites excluding steroid dienone is 1. The van der Waals surface area contributed by atoms with E-state index in [-0.39, 0.29) is 0 Å². The van der Waals surface area contributed by atoms with Crippen LogP contribution in [-0.2, 0) is 0 Å². The molecule has 2 heteroatoms. The fourth-order valence-electron chi connectivity index (χ4n) is 1.33. The van der Waals surface area contributed by atoms with E-state index in [1.807, 2.05) is 13.0 Å². The van der Waals surface area contributed by atoms with Crippen LogP contribution in [-0.4, -0.2) is 6.26 Å². The first-order chi connectivity index (χ1) is 6.69. The van der Waals surface area contributed by atoms with E-state index >= 15 is 0 Å². The average molecular weight is 207 g/mol. The lowest BCUT2D eigenvalue weighted by atomic mass is 10.1. The fourth-order valence-corrected chi connectivity index (χ4v) is 2.03. The summed E-state index contributed by atoms with van der Waals surface area (Å²) in [4.78, 5) is 1.33. The highest BCUT2D eigenvalue weighted by Gasteiger charge is 2.01. The van der Waals surface area contributed by atoms with Gasteiger partial charge in [0.25, 0.3) is 0 Å². The topological polar surface area (TPSA) is 26.0 Å². The minimum absolute atomic E-state index is 0.866. The molecule has 14 heavy (non-hydrogen) atoms. The zero-order valence-corrected chi connectivity index (χ0v) is 9.82. The van der Waals surface area contributed by atoms with Gasteiger partial charge < -0.3 is 5.73 Å². The zero-order chi connectivity index (χ0) is 10.6. The van der Waals surface area contributed by atoms with Crippen molar-refractivity contribution in [1.82, 2.24) is 0 Å². The lowest BCUT2D eigenvalue weighted by Gasteiger charge is -2.07. The Labute approximate surface area is 90.4 Å². The minimum atomic E-state index is 0.866. The van der Waals surface area contributed by atoms with Crippen molar-refractivity contribution in [3.63, 3.8) is 0 Å². The van der Waals surface area contributed by atoms with Crippen LogP contribution in [0.1, 0.15) is 24.5 Å². The Kier molecular flexibility index (Phi) is 4.08. The number of nitrogens with two attached hydrogens (primary N) is 1. The Morgan fingerprint density at radius 1 is 1.50 bits per heavy atom. The van der Waals surface area contributed by atoms with Crippen molar-refractivity contribution in [1.29, 1.82) is 0 Å². The lowest BCUT2D eigenvalue weighted by Crippen LogP contribution is -1.90. The molecule has 0 atom stereocenters. The molecule has 0 aliphatic rings. The third-order valence-electron chi connectivity index (χ3n) is 2.16. The van der Waals surface area contributed by atoms with E-state index < -0.39 is 0 Å². The molecule has 0 saturated carbocycles. The number of anilines is 1. The number of nitrogen functional groups attached to an aromatic ring is 1. The first-order valence-electron chi connectivity index (χ1n) is 4.79. The fraction of sp³-hybridized carbons (Fsp3) is 0.333. The molecule has 0 heterocycles. The van der Waals surface area contributed by atoms with E-state index in [9.17, 15) is 0 Å². The van der Waals surface area contributed by atoms with Crippen LogP contribution in [0.5, 0.6) is 0 Å². The van der Waals surface area contributed by atoms with Crippen molar-refractivity contribution < 1.29 is 0 Å². The molecule has 0 bridgehead atoms. The van der Waals surface area contributed by atoms with Crippen molar-refractivity contribution >= 4 is 22.4 Å². The Balaban J connectivity index is 3.06. The molecule has 1 nitrogen and oxygen atoms in total. The van der Waals surface area contributed by atoms with Crippen molar-refractivity contribution in [2.75, 3.05) is 12.0 Å². The van der Waals surface area contributed by atoms with Gasteiger partial charge in [0.1, 0.15) is 0 Å². The highest BCUT2D eigenvalue weighted by Crippen LogP contribution is 2.27. The van der Waals surface area contributed by atoms with Gasteiger partial charge in [-0.3, -0.25) is 0 Å². The van der Waals surface area contributed by atoms with Gasteiger partial charge in [-0.25, -0.2) is 0 Å². The van der Waals surface area contributed by atoms with E-state index in [4.69, 9.17) is 5.73 Å². The Morgan fingerprint density at radius 2 is 2.21 bits per heavy atom. The van der Waals surface area contributed by atoms with E-state index in [1.54, 1.807) is 11.8 Å². The summed E-state index contributed by atoms with van der Waals surface area (Å²) < 4.78 is 0. The summed E-state index contributed by atoms with van der Waals surface area (Å²) >= 11 is 1.78. The minimum Gasteiger partial charge on any atom is -0.399 e. The van der Waals surface area contributed by atoms with Gasteiger partial charge in [-0.1, -0.05) is 19.1 Å². The second kappa shape index (κ2) is 5.11. The van der Waals surface area contributed by atoms with Crippen LogP contribution in [0, 0.1) is 6.92 Å². The highest BCUT2D eigenvalue weighted by molar-refractivity contribution is 8.07. The molecule has 1 rings (SSSR count). The maximum absolute atomic E-state index is 5.78. The van der Waals surface area contributed by atoms with Crippen molar-refractivity contribution in [2.24, 2.45) is 0 Å². The first-order valence-corrected chi connectivity index (χ1v) is 6.02. The van der Waals surface area contributed by atoms with E-state index in [0.717, 1.165) is 17.7 Å². The normalized spacial score (nSPS) is 11.8. The predicted octanol–water partition coefficient (Wildman–Crippen LogP) is 3.69. The van der Waals surface area contributed by atoms with Gasteiger partial charge in [0, 0.05) is 10.6 Å².